The van der Waals surface area contributed by atoms with Gasteiger partial charge in [0.2, 0.25) is 0 Å². The van der Waals surface area contributed by atoms with Gasteiger partial charge in [0.05, 0.1) is 6.26 Å². The van der Waals surface area contributed by atoms with Crippen molar-refractivity contribution in [2.75, 3.05) is 0 Å². The van der Waals surface area contributed by atoms with Crippen LogP contribution in [-0.4, -0.2) is 0 Å². The molecule has 1 aromatic carbocycles. The Morgan fingerprint density at radius 2 is 1.87 bits per heavy atom. The molecule has 1 heterocycles. The highest BCUT2D eigenvalue weighted by Crippen LogP contribution is 2.06. The van der Waals surface area contributed by atoms with Crippen molar-refractivity contribution in [3.05, 3.63) is 66.1 Å². The number of furan rings is 1. The van der Waals surface area contributed by atoms with Crippen LogP contribution in [0.1, 0.15) is 17.7 Å². The number of hydrogen-bond donors (Lipinski definition) is 0. The SMILES string of the molecule is C(=C\c1ccco1)/CCc1ccccc1. The summed E-state index contributed by atoms with van der Waals surface area (Å²) in [4.78, 5) is 0. The van der Waals surface area contributed by atoms with Gasteiger partial charge in [-0.25, -0.2) is 0 Å². The van der Waals surface area contributed by atoms with Gasteiger partial charge in [-0.1, -0.05) is 36.4 Å². The molecule has 0 saturated carbocycles. The Morgan fingerprint density at radius 1 is 1.00 bits per heavy atom. The highest BCUT2D eigenvalue weighted by molar-refractivity contribution is 5.41. The summed E-state index contributed by atoms with van der Waals surface area (Å²) >= 11 is 0. The van der Waals surface area contributed by atoms with Crippen LogP contribution < -0.4 is 0 Å². The maximum absolute atomic E-state index is 5.20. The van der Waals surface area contributed by atoms with E-state index in [1.165, 1.54) is 5.56 Å². The summed E-state index contributed by atoms with van der Waals surface area (Å²) in [5, 5.41) is 0. The molecule has 0 amide bonds. The van der Waals surface area contributed by atoms with E-state index in [0.717, 1.165) is 18.6 Å². The molecule has 0 aliphatic rings. The fraction of sp³-hybridized carbons (Fsp3) is 0.143. The molecule has 0 aliphatic carbocycles. The maximum Gasteiger partial charge on any atom is 0.126 e. The molecule has 0 spiro atoms. The summed E-state index contributed by atoms with van der Waals surface area (Å²) < 4.78 is 5.20. The second kappa shape index (κ2) is 5.20. The minimum Gasteiger partial charge on any atom is -0.465 e. The van der Waals surface area contributed by atoms with Crippen LogP contribution in [0, 0.1) is 0 Å². The van der Waals surface area contributed by atoms with Crippen LogP contribution in [0.2, 0.25) is 0 Å². The Kier molecular flexibility index (Phi) is 3.39. The van der Waals surface area contributed by atoms with Crippen molar-refractivity contribution in [2.45, 2.75) is 12.8 Å². The third-order valence-corrected chi connectivity index (χ3v) is 2.27. The van der Waals surface area contributed by atoms with Crippen LogP contribution in [0.3, 0.4) is 0 Å². The molecule has 0 N–H and O–H groups in total. The molecule has 0 radical (unpaired) electrons. The van der Waals surface area contributed by atoms with E-state index in [0.29, 0.717) is 0 Å². The lowest BCUT2D eigenvalue weighted by Crippen LogP contribution is -1.80. The van der Waals surface area contributed by atoms with Gasteiger partial charge >= 0.3 is 0 Å². The maximum atomic E-state index is 5.20. The standard InChI is InChI=1S/C14H14O/c1-2-7-13(8-3-1)9-4-5-10-14-11-6-12-15-14/h1-3,5-8,10-12H,4,9H2/b10-5+. The summed E-state index contributed by atoms with van der Waals surface area (Å²) in [6, 6.07) is 14.4. The van der Waals surface area contributed by atoms with Crippen molar-refractivity contribution in [3.8, 4) is 0 Å². The van der Waals surface area contributed by atoms with E-state index in [-0.39, 0.29) is 0 Å². The first kappa shape index (κ1) is 9.78. The third kappa shape index (κ3) is 3.13. The van der Waals surface area contributed by atoms with E-state index in [1.807, 2.05) is 24.3 Å². The van der Waals surface area contributed by atoms with Gasteiger partial charge < -0.3 is 4.42 Å². The summed E-state index contributed by atoms with van der Waals surface area (Å²) in [6.07, 6.45) is 7.98. The first-order chi connectivity index (χ1) is 7.45. The van der Waals surface area contributed by atoms with Gasteiger partial charge in [0.25, 0.3) is 0 Å². The summed E-state index contributed by atoms with van der Waals surface area (Å²) in [7, 11) is 0. The Hall–Kier alpha value is -1.76. The predicted molar refractivity (Wildman–Crippen MR) is 62.5 cm³/mol. The zero-order valence-corrected chi connectivity index (χ0v) is 8.60. The molecule has 2 rings (SSSR count). The van der Waals surface area contributed by atoms with Crippen molar-refractivity contribution in [1.82, 2.24) is 0 Å². The van der Waals surface area contributed by atoms with E-state index in [2.05, 4.69) is 30.3 Å². The summed E-state index contributed by atoms with van der Waals surface area (Å²) in [5.41, 5.74) is 1.38. The smallest absolute Gasteiger partial charge is 0.126 e. The highest BCUT2D eigenvalue weighted by Gasteiger charge is 1.89. The molecule has 1 nitrogen and oxygen atoms in total. The quantitative estimate of drug-likeness (QED) is 0.725. The molecule has 76 valence electrons. The molecule has 2 aromatic rings. The number of allylic oxidation sites excluding steroid dienone is 1. The van der Waals surface area contributed by atoms with Crippen LogP contribution in [-0.2, 0) is 6.42 Å². The van der Waals surface area contributed by atoms with Gasteiger partial charge in [0.1, 0.15) is 5.76 Å². The van der Waals surface area contributed by atoms with Crippen LogP contribution in [0.25, 0.3) is 6.08 Å². The van der Waals surface area contributed by atoms with E-state index in [9.17, 15) is 0 Å². The van der Waals surface area contributed by atoms with E-state index in [4.69, 9.17) is 4.42 Å². The molecular weight excluding hydrogens is 184 g/mol. The Morgan fingerprint density at radius 3 is 2.60 bits per heavy atom. The Labute approximate surface area is 90.1 Å². The first-order valence-corrected chi connectivity index (χ1v) is 5.19. The molecule has 1 heteroatoms. The van der Waals surface area contributed by atoms with Gasteiger partial charge in [0.15, 0.2) is 0 Å². The van der Waals surface area contributed by atoms with Gasteiger partial charge in [-0.2, -0.15) is 0 Å². The lowest BCUT2D eigenvalue weighted by Gasteiger charge is -1.95. The van der Waals surface area contributed by atoms with Crippen molar-refractivity contribution in [2.24, 2.45) is 0 Å². The second-order valence-corrected chi connectivity index (χ2v) is 3.44. The normalized spacial score (nSPS) is 10.9. The molecule has 0 bridgehead atoms. The molecule has 0 saturated heterocycles. The molecule has 0 unspecified atom stereocenters. The van der Waals surface area contributed by atoms with Crippen LogP contribution in [0.5, 0.6) is 0 Å². The zero-order valence-electron chi connectivity index (χ0n) is 8.60. The van der Waals surface area contributed by atoms with Crippen LogP contribution >= 0.6 is 0 Å². The molecule has 0 atom stereocenters. The van der Waals surface area contributed by atoms with Crippen LogP contribution in [0.15, 0.2) is 59.2 Å². The molecular formula is C14H14O. The van der Waals surface area contributed by atoms with Gasteiger partial charge in [-0.3, -0.25) is 0 Å². The number of rotatable bonds is 4. The molecule has 15 heavy (non-hydrogen) atoms. The monoisotopic (exact) mass is 198 g/mol. The summed E-state index contributed by atoms with van der Waals surface area (Å²) in [5.74, 6) is 0.920. The van der Waals surface area contributed by atoms with Gasteiger partial charge in [-0.15, -0.1) is 0 Å². The van der Waals surface area contributed by atoms with Crippen molar-refractivity contribution < 1.29 is 4.42 Å². The van der Waals surface area contributed by atoms with Gasteiger partial charge in [-0.05, 0) is 36.6 Å². The molecule has 1 aromatic heterocycles. The fourth-order valence-corrected chi connectivity index (χ4v) is 1.48. The molecule has 0 aliphatic heterocycles. The molecule has 0 fully saturated rings. The zero-order chi connectivity index (χ0) is 10.3. The number of hydrogen-bond acceptors (Lipinski definition) is 1. The Balaban J connectivity index is 1.80. The van der Waals surface area contributed by atoms with E-state index >= 15 is 0 Å². The largest absolute Gasteiger partial charge is 0.465 e. The van der Waals surface area contributed by atoms with Crippen LogP contribution in [0.4, 0.5) is 0 Å². The minimum atomic E-state index is 0.920. The first-order valence-electron chi connectivity index (χ1n) is 5.19. The highest BCUT2D eigenvalue weighted by atomic mass is 16.3. The van der Waals surface area contributed by atoms with Crippen molar-refractivity contribution in [3.63, 3.8) is 0 Å². The summed E-state index contributed by atoms with van der Waals surface area (Å²) in [6.45, 7) is 0. The van der Waals surface area contributed by atoms with Crippen molar-refractivity contribution in [1.29, 1.82) is 0 Å². The lowest BCUT2D eigenvalue weighted by atomic mass is 10.1. The number of benzene rings is 1. The average molecular weight is 198 g/mol. The second-order valence-electron chi connectivity index (χ2n) is 3.44. The minimum absolute atomic E-state index is 0.920. The van der Waals surface area contributed by atoms with E-state index in [1.54, 1.807) is 6.26 Å². The van der Waals surface area contributed by atoms with Gasteiger partial charge in [0, 0.05) is 0 Å². The van der Waals surface area contributed by atoms with E-state index < -0.39 is 0 Å². The fourth-order valence-electron chi connectivity index (χ4n) is 1.48. The number of aryl methyl sites for hydroxylation is 1. The lowest BCUT2D eigenvalue weighted by molar-refractivity contribution is 0.557. The third-order valence-electron chi connectivity index (χ3n) is 2.27. The average Bonchev–Trinajstić information content (AvgIpc) is 2.79. The predicted octanol–water partition coefficient (Wildman–Crippen LogP) is 3.93. The topological polar surface area (TPSA) is 13.1 Å². The van der Waals surface area contributed by atoms with Crippen molar-refractivity contribution >= 4 is 6.08 Å². The Bertz CT molecular complexity index is 398.